The van der Waals surface area contributed by atoms with Gasteiger partial charge >= 0.3 is 0 Å². The summed E-state index contributed by atoms with van der Waals surface area (Å²) >= 11 is 6.11. The van der Waals surface area contributed by atoms with Crippen molar-refractivity contribution in [2.24, 2.45) is 0 Å². The molecule has 2 nitrogen and oxygen atoms in total. The second kappa shape index (κ2) is 5.65. The van der Waals surface area contributed by atoms with E-state index in [2.05, 4.69) is 0 Å². The molecular formula is C14H19ClO2. The van der Waals surface area contributed by atoms with Crippen LogP contribution in [0.2, 0.25) is 5.02 Å². The molecule has 0 unspecified atom stereocenters. The molecule has 0 spiro atoms. The Labute approximate surface area is 108 Å². The number of hydrogen-bond donors (Lipinski definition) is 0. The lowest BCUT2D eigenvalue weighted by Crippen LogP contribution is -2.36. The van der Waals surface area contributed by atoms with Gasteiger partial charge in [0.25, 0.3) is 0 Å². The van der Waals surface area contributed by atoms with Crippen LogP contribution in [-0.2, 0) is 16.0 Å². The molecule has 3 heteroatoms. The molecule has 0 N–H and O–H groups in total. The van der Waals surface area contributed by atoms with Crippen LogP contribution in [0.15, 0.2) is 18.2 Å². The van der Waals surface area contributed by atoms with Gasteiger partial charge in [-0.3, -0.25) is 4.79 Å². The third kappa shape index (κ3) is 3.83. The molecular weight excluding hydrogens is 236 g/mol. The lowest BCUT2D eigenvalue weighted by molar-refractivity contribution is -0.139. The predicted octanol–water partition coefficient (Wildman–Crippen LogP) is 3.58. The third-order valence-corrected chi connectivity index (χ3v) is 3.09. The van der Waals surface area contributed by atoms with Crippen LogP contribution >= 0.6 is 11.6 Å². The Hall–Kier alpha value is -0.860. The van der Waals surface area contributed by atoms with Crippen molar-refractivity contribution in [1.29, 1.82) is 0 Å². The fourth-order valence-electron chi connectivity index (χ4n) is 1.62. The number of carbonyl (C=O) groups excluding carboxylic acids is 1. The molecule has 94 valence electrons. The average Bonchev–Trinajstić information content (AvgIpc) is 2.22. The van der Waals surface area contributed by atoms with Gasteiger partial charge in [0.1, 0.15) is 5.60 Å². The molecule has 0 atom stereocenters. The Kier molecular flexibility index (Phi) is 4.72. The van der Waals surface area contributed by atoms with Crippen molar-refractivity contribution in [1.82, 2.24) is 0 Å². The first-order valence-electron chi connectivity index (χ1n) is 5.79. The van der Waals surface area contributed by atoms with Crippen molar-refractivity contribution in [3.8, 4) is 0 Å². The molecule has 0 saturated heterocycles. The minimum atomic E-state index is -0.747. The van der Waals surface area contributed by atoms with Gasteiger partial charge < -0.3 is 4.74 Å². The lowest BCUT2D eigenvalue weighted by atomic mass is 9.96. The van der Waals surface area contributed by atoms with E-state index in [4.69, 9.17) is 16.3 Å². The maximum Gasteiger partial charge on any atom is 0.168 e. The molecule has 0 fully saturated rings. The highest BCUT2D eigenvalue weighted by atomic mass is 35.5. The van der Waals surface area contributed by atoms with Crippen molar-refractivity contribution in [2.75, 3.05) is 6.61 Å². The van der Waals surface area contributed by atoms with Crippen LogP contribution in [0, 0.1) is 6.92 Å². The molecule has 0 radical (unpaired) electrons. The van der Waals surface area contributed by atoms with Gasteiger partial charge in [0.15, 0.2) is 5.78 Å². The molecule has 1 rings (SSSR count). The van der Waals surface area contributed by atoms with Gasteiger partial charge in [-0.2, -0.15) is 0 Å². The number of carbonyl (C=O) groups is 1. The minimum absolute atomic E-state index is 0.0464. The number of ketones is 1. The number of halogens is 1. The Morgan fingerprint density at radius 2 is 2.06 bits per heavy atom. The largest absolute Gasteiger partial charge is 0.368 e. The highest BCUT2D eigenvalue weighted by molar-refractivity contribution is 6.31. The number of hydrogen-bond acceptors (Lipinski definition) is 2. The van der Waals surface area contributed by atoms with Crippen LogP contribution in [0.4, 0.5) is 0 Å². The quantitative estimate of drug-likeness (QED) is 0.803. The molecule has 0 amide bonds. The Morgan fingerprint density at radius 1 is 1.41 bits per heavy atom. The number of rotatable bonds is 5. The van der Waals surface area contributed by atoms with E-state index in [1.54, 1.807) is 13.8 Å². The molecule has 0 aromatic heterocycles. The molecule has 0 aliphatic carbocycles. The second-order valence-corrected chi connectivity index (χ2v) is 5.05. The summed E-state index contributed by atoms with van der Waals surface area (Å²) in [6.45, 7) is 7.97. The minimum Gasteiger partial charge on any atom is -0.368 e. The SMILES string of the molecule is CCOC(C)(C)C(=O)Cc1ccc(C)cc1Cl. The van der Waals surface area contributed by atoms with E-state index in [1.807, 2.05) is 32.0 Å². The van der Waals surface area contributed by atoms with Crippen LogP contribution in [0.1, 0.15) is 31.9 Å². The van der Waals surface area contributed by atoms with Crippen molar-refractivity contribution in [2.45, 2.75) is 39.7 Å². The summed E-state index contributed by atoms with van der Waals surface area (Å²) in [4.78, 5) is 12.1. The highest BCUT2D eigenvalue weighted by Crippen LogP contribution is 2.21. The van der Waals surface area contributed by atoms with Gasteiger partial charge in [0.2, 0.25) is 0 Å². The first-order chi connectivity index (χ1) is 7.86. The standard InChI is InChI=1S/C14H19ClO2/c1-5-17-14(3,4)13(16)9-11-7-6-10(2)8-12(11)15/h6-8H,5,9H2,1-4H3. The summed E-state index contributed by atoms with van der Waals surface area (Å²) in [6, 6.07) is 5.73. The Morgan fingerprint density at radius 3 is 2.59 bits per heavy atom. The maximum absolute atomic E-state index is 12.1. The first-order valence-corrected chi connectivity index (χ1v) is 6.17. The van der Waals surface area contributed by atoms with Crippen molar-refractivity contribution >= 4 is 17.4 Å². The normalized spacial score (nSPS) is 11.6. The molecule has 17 heavy (non-hydrogen) atoms. The zero-order valence-electron chi connectivity index (χ0n) is 10.8. The van der Waals surface area contributed by atoms with Gasteiger partial charge in [0.05, 0.1) is 0 Å². The highest BCUT2D eigenvalue weighted by Gasteiger charge is 2.27. The predicted molar refractivity (Wildman–Crippen MR) is 70.6 cm³/mol. The monoisotopic (exact) mass is 254 g/mol. The molecule has 0 aliphatic heterocycles. The van der Waals surface area contributed by atoms with E-state index < -0.39 is 5.60 Å². The summed E-state index contributed by atoms with van der Waals surface area (Å²) in [5.74, 6) is 0.0464. The summed E-state index contributed by atoms with van der Waals surface area (Å²) in [6.07, 6.45) is 0.312. The zero-order valence-corrected chi connectivity index (χ0v) is 11.6. The van der Waals surface area contributed by atoms with Crippen LogP contribution in [0.5, 0.6) is 0 Å². The van der Waals surface area contributed by atoms with Crippen LogP contribution in [0.25, 0.3) is 0 Å². The van der Waals surface area contributed by atoms with E-state index in [0.29, 0.717) is 18.1 Å². The summed E-state index contributed by atoms with van der Waals surface area (Å²) in [5, 5.41) is 0.644. The van der Waals surface area contributed by atoms with Gasteiger partial charge in [-0.15, -0.1) is 0 Å². The van der Waals surface area contributed by atoms with Crippen molar-refractivity contribution in [3.63, 3.8) is 0 Å². The van der Waals surface area contributed by atoms with Crippen LogP contribution in [0.3, 0.4) is 0 Å². The van der Waals surface area contributed by atoms with E-state index in [9.17, 15) is 4.79 Å². The van der Waals surface area contributed by atoms with E-state index in [1.165, 1.54) is 0 Å². The van der Waals surface area contributed by atoms with Crippen molar-refractivity contribution in [3.05, 3.63) is 34.3 Å². The van der Waals surface area contributed by atoms with Gasteiger partial charge in [-0.1, -0.05) is 23.7 Å². The van der Waals surface area contributed by atoms with E-state index in [-0.39, 0.29) is 5.78 Å². The van der Waals surface area contributed by atoms with E-state index >= 15 is 0 Å². The topological polar surface area (TPSA) is 26.3 Å². The fraction of sp³-hybridized carbons (Fsp3) is 0.500. The third-order valence-electron chi connectivity index (χ3n) is 2.74. The van der Waals surface area contributed by atoms with Gasteiger partial charge in [0, 0.05) is 18.1 Å². The number of Topliss-reactive ketones (excluding diaryl/α,β-unsaturated/α-hetero) is 1. The molecule has 0 bridgehead atoms. The molecule has 0 heterocycles. The summed E-state index contributed by atoms with van der Waals surface area (Å²) < 4.78 is 5.43. The second-order valence-electron chi connectivity index (χ2n) is 4.64. The maximum atomic E-state index is 12.1. The average molecular weight is 255 g/mol. The fourth-order valence-corrected chi connectivity index (χ4v) is 1.92. The van der Waals surface area contributed by atoms with Gasteiger partial charge in [-0.05, 0) is 44.9 Å². The summed E-state index contributed by atoms with van der Waals surface area (Å²) in [7, 11) is 0. The summed E-state index contributed by atoms with van der Waals surface area (Å²) in [5.41, 5.74) is 1.20. The first kappa shape index (κ1) is 14.2. The van der Waals surface area contributed by atoms with Crippen LogP contribution < -0.4 is 0 Å². The molecule has 0 aliphatic rings. The number of aryl methyl sites for hydroxylation is 1. The number of ether oxygens (including phenoxy) is 1. The molecule has 0 saturated carbocycles. The van der Waals surface area contributed by atoms with Crippen molar-refractivity contribution < 1.29 is 9.53 Å². The molecule has 1 aromatic rings. The van der Waals surface area contributed by atoms with E-state index in [0.717, 1.165) is 11.1 Å². The van der Waals surface area contributed by atoms with Gasteiger partial charge in [-0.25, -0.2) is 0 Å². The van der Waals surface area contributed by atoms with Crippen LogP contribution in [-0.4, -0.2) is 18.0 Å². The lowest BCUT2D eigenvalue weighted by Gasteiger charge is -2.23. The molecule has 1 aromatic carbocycles. The Bertz CT molecular complexity index is 411. The number of benzene rings is 1. The smallest absolute Gasteiger partial charge is 0.168 e. The zero-order chi connectivity index (χ0) is 13.1. The Balaban J connectivity index is 2.81.